The fourth-order valence-corrected chi connectivity index (χ4v) is 3.81. The molecule has 0 bridgehead atoms. The molecule has 206 valence electrons. The summed E-state index contributed by atoms with van der Waals surface area (Å²) >= 11 is 0. The van der Waals surface area contributed by atoms with Crippen molar-refractivity contribution in [1.82, 2.24) is 4.90 Å². The highest BCUT2D eigenvalue weighted by atomic mass is 32.3. The van der Waals surface area contributed by atoms with Gasteiger partial charge >= 0.3 is 10.4 Å². The molecule has 0 radical (unpaired) electrons. The van der Waals surface area contributed by atoms with Gasteiger partial charge in [-0.2, -0.15) is 8.42 Å². The van der Waals surface area contributed by atoms with Crippen LogP contribution in [0, 0.1) is 0 Å². The average Bonchev–Trinajstić information content (AvgIpc) is 3.24. The highest BCUT2D eigenvalue weighted by Crippen LogP contribution is 2.15. The van der Waals surface area contributed by atoms with Gasteiger partial charge < -0.3 is 20.8 Å². The third kappa shape index (κ3) is 25.8. The topological polar surface area (TPSA) is 146 Å². The number of aliphatic imine (C=N–C) groups is 1. The Kier molecular flexibility index (Phi) is 26.3. The largest absolute Gasteiger partial charge is 0.397 e. The maximum atomic E-state index is 9.33. The zero-order valence-corrected chi connectivity index (χ0v) is 22.8. The normalized spacial score (nSPS) is 13.3. The lowest BCUT2D eigenvalue weighted by molar-refractivity contribution is -0.0502. The van der Waals surface area contributed by atoms with Gasteiger partial charge in [-0.1, -0.05) is 96.8 Å². The van der Waals surface area contributed by atoms with E-state index in [4.69, 9.17) is 14.8 Å². The first-order valence-electron chi connectivity index (χ1n) is 13.0. The smallest absolute Gasteiger partial charge is 0.367 e. The SMILES string of the molecule is CCCCCCCCCCCCCCCCCC1=NCCN1CC(O)O.CN.COS(=O)(=O)O. The summed E-state index contributed by atoms with van der Waals surface area (Å²) in [5.41, 5.74) is 4.50. The molecule has 1 heterocycles. The van der Waals surface area contributed by atoms with E-state index in [2.05, 4.69) is 21.8 Å². The summed E-state index contributed by atoms with van der Waals surface area (Å²) in [6, 6.07) is 0. The lowest BCUT2D eigenvalue weighted by Gasteiger charge is -2.21. The molecule has 0 amide bonds. The molecule has 1 rings (SSSR count). The van der Waals surface area contributed by atoms with Gasteiger partial charge in [-0.25, -0.2) is 0 Å². The lowest BCUT2D eigenvalue weighted by Crippen LogP contribution is -2.35. The van der Waals surface area contributed by atoms with E-state index in [-0.39, 0.29) is 0 Å². The van der Waals surface area contributed by atoms with Crippen molar-refractivity contribution in [3.05, 3.63) is 0 Å². The predicted octanol–water partition coefficient (Wildman–Crippen LogP) is 4.28. The van der Waals surface area contributed by atoms with Crippen LogP contribution in [0.3, 0.4) is 0 Å². The standard InChI is InChI=1S/C22H44N2O2.CH5N.CH4O4S/c1-2-3-4-5-6-7-8-9-10-11-12-13-14-15-16-17-21-23-18-19-24(21)20-22(25)26;1-2;1-5-6(2,3)4/h22,25-26H,2-20H2,1H3;2H2,1H3;1H3,(H,2,3,4). The minimum absolute atomic E-state index is 0.303. The van der Waals surface area contributed by atoms with E-state index < -0.39 is 16.7 Å². The summed E-state index contributed by atoms with van der Waals surface area (Å²) in [5, 5.41) is 18.2. The van der Waals surface area contributed by atoms with Gasteiger partial charge in [0, 0.05) is 13.0 Å². The molecule has 0 fully saturated rings. The molecule has 34 heavy (non-hydrogen) atoms. The Balaban J connectivity index is 0. The third-order valence-corrected chi connectivity index (χ3v) is 6.05. The van der Waals surface area contributed by atoms with Gasteiger partial charge in [0.15, 0.2) is 6.29 Å². The number of nitrogens with zero attached hydrogens (tertiary/aromatic N) is 2. The highest BCUT2D eigenvalue weighted by molar-refractivity contribution is 7.80. The number of aliphatic hydroxyl groups is 2. The summed E-state index contributed by atoms with van der Waals surface area (Å²) in [5.74, 6) is 1.08. The van der Waals surface area contributed by atoms with E-state index in [1.54, 1.807) is 0 Å². The zero-order chi connectivity index (χ0) is 26.1. The van der Waals surface area contributed by atoms with Gasteiger partial charge in [-0.05, 0) is 13.5 Å². The van der Waals surface area contributed by atoms with Crippen LogP contribution in [0.25, 0.3) is 0 Å². The van der Waals surface area contributed by atoms with Crippen LogP contribution < -0.4 is 5.73 Å². The fourth-order valence-electron chi connectivity index (χ4n) is 3.81. The van der Waals surface area contributed by atoms with E-state index in [1.807, 2.05) is 4.90 Å². The molecule has 5 N–H and O–H groups in total. The summed E-state index contributed by atoms with van der Waals surface area (Å²) in [4.78, 5) is 6.52. The van der Waals surface area contributed by atoms with Gasteiger partial charge in [-0.15, -0.1) is 0 Å². The molecule has 1 aliphatic rings. The Bertz CT molecular complexity index is 559. The quantitative estimate of drug-likeness (QED) is 0.114. The number of amidine groups is 1. The first kappa shape index (κ1) is 35.4. The van der Waals surface area contributed by atoms with Crippen LogP contribution in [-0.4, -0.2) is 74.0 Å². The first-order chi connectivity index (χ1) is 16.3. The number of unbranched alkanes of at least 4 members (excludes halogenated alkanes) is 14. The van der Waals surface area contributed by atoms with Crippen LogP contribution >= 0.6 is 0 Å². The molecule has 0 aromatic carbocycles. The van der Waals surface area contributed by atoms with E-state index in [0.29, 0.717) is 6.54 Å². The van der Waals surface area contributed by atoms with E-state index >= 15 is 0 Å². The molecule has 1 aliphatic heterocycles. The Morgan fingerprint density at radius 2 is 1.26 bits per heavy atom. The summed E-state index contributed by atoms with van der Waals surface area (Å²) in [6.45, 7) is 4.23. The summed E-state index contributed by atoms with van der Waals surface area (Å²) in [7, 11) is -1.79. The number of hydrogen-bond acceptors (Lipinski definition) is 8. The number of β-amino-alcohol motifs (C(OH)–C–C–N with tert-alkyl or cyclic N) is 2. The van der Waals surface area contributed by atoms with Crippen LogP contribution in [0.4, 0.5) is 0 Å². The molecule has 0 atom stereocenters. The molecule has 0 aromatic rings. The number of rotatable bonds is 19. The van der Waals surface area contributed by atoms with Gasteiger partial charge in [0.2, 0.25) is 0 Å². The van der Waals surface area contributed by atoms with Crippen LogP contribution in [0.15, 0.2) is 4.99 Å². The van der Waals surface area contributed by atoms with Crippen LogP contribution in [0.2, 0.25) is 0 Å². The zero-order valence-electron chi connectivity index (χ0n) is 22.0. The average molecular weight is 512 g/mol. The van der Waals surface area contributed by atoms with E-state index in [0.717, 1.165) is 32.5 Å². The van der Waals surface area contributed by atoms with Gasteiger partial charge in [0.1, 0.15) is 0 Å². The first-order valence-corrected chi connectivity index (χ1v) is 14.4. The summed E-state index contributed by atoms with van der Waals surface area (Å²) < 4.78 is 29.7. The monoisotopic (exact) mass is 511 g/mol. The minimum Gasteiger partial charge on any atom is -0.367 e. The number of hydrogen-bond donors (Lipinski definition) is 4. The Morgan fingerprint density at radius 3 is 1.62 bits per heavy atom. The second-order valence-electron chi connectivity index (χ2n) is 8.52. The fraction of sp³-hybridized carbons (Fsp3) is 0.958. The second kappa shape index (κ2) is 25.3. The molecular formula is C24H53N3O6S. The van der Waals surface area contributed by atoms with Crippen molar-refractivity contribution in [3.8, 4) is 0 Å². The molecule has 0 saturated heterocycles. The van der Waals surface area contributed by atoms with Crippen LogP contribution in [0.1, 0.15) is 110 Å². The van der Waals surface area contributed by atoms with E-state index in [9.17, 15) is 8.42 Å². The van der Waals surface area contributed by atoms with Gasteiger partial charge in [0.25, 0.3) is 0 Å². The molecule has 0 aromatic heterocycles. The maximum absolute atomic E-state index is 9.33. The van der Waals surface area contributed by atoms with Gasteiger partial charge in [-0.3, -0.25) is 13.7 Å². The third-order valence-electron chi connectivity index (χ3n) is 5.63. The van der Waals surface area contributed by atoms with Gasteiger partial charge in [0.05, 0.1) is 26.0 Å². The van der Waals surface area contributed by atoms with Crippen molar-refractivity contribution in [3.63, 3.8) is 0 Å². The molecule has 9 nitrogen and oxygen atoms in total. The second-order valence-corrected chi connectivity index (χ2v) is 9.71. The van der Waals surface area contributed by atoms with Crippen LogP contribution in [0.5, 0.6) is 0 Å². The minimum atomic E-state index is -4.16. The Labute approximate surface area is 209 Å². The van der Waals surface area contributed by atoms with Crippen molar-refractivity contribution in [2.45, 2.75) is 116 Å². The number of nitrogens with two attached hydrogens (primary N) is 1. The maximum Gasteiger partial charge on any atom is 0.397 e. The van der Waals surface area contributed by atoms with Crippen molar-refractivity contribution < 1.29 is 27.4 Å². The van der Waals surface area contributed by atoms with Crippen molar-refractivity contribution in [2.24, 2.45) is 10.7 Å². The summed E-state index contributed by atoms with van der Waals surface area (Å²) in [6.07, 6.45) is 20.5. The molecule has 0 spiro atoms. The molecule has 0 saturated carbocycles. The van der Waals surface area contributed by atoms with E-state index in [1.165, 1.54) is 103 Å². The molecule has 0 aliphatic carbocycles. The highest BCUT2D eigenvalue weighted by Gasteiger charge is 2.18. The Hall–Kier alpha value is -0.780. The van der Waals surface area contributed by atoms with Crippen molar-refractivity contribution in [1.29, 1.82) is 0 Å². The number of aliphatic hydroxyl groups excluding tert-OH is 1. The van der Waals surface area contributed by atoms with Crippen LogP contribution in [-0.2, 0) is 14.6 Å². The molecule has 0 unspecified atom stereocenters. The molecular weight excluding hydrogens is 458 g/mol. The van der Waals surface area contributed by atoms with Crippen molar-refractivity contribution in [2.75, 3.05) is 33.8 Å². The predicted molar refractivity (Wildman–Crippen MR) is 140 cm³/mol. The molecule has 10 heteroatoms. The van der Waals surface area contributed by atoms with Crippen molar-refractivity contribution >= 4 is 16.2 Å². The lowest BCUT2D eigenvalue weighted by atomic mass is 10.0. The Morgan fingerprint density at radius 1 is 0.882 bits per heavy atom.